The van der Waals surface area contributed by atoms with Crippen LogP contribution in [-0.4, -0.2) is 32.8 Å². The topological polar surface area (TPSA) is 70.1 Å². The van der Waals surface area contributed by atoms with Crippen LogP contribution in [0.4, 0.5) is 29.1 Å². The molecule has 0 N–H and O–H groups in total. The molecule has 0 bridgehead atoms. The maximum Gasteiger partial charge on any atom is 0.405 e. The normalized spacial score (nSPS) is 14.5. The van der Waals surface area contributed by atoms with Crippen LogP contribution < -0.4 is 4.90 Å². The van der Waals surface area contributed by atoms with Crippen LogP contribution in [0.5, 0.6) is 0 Å². The summed E-state index contributed by atoms with van der Waals surface area (Å²) in [6.45, 7) is 0. The van der Waals surface area contributed by atoms with E-state index < -0.39 is 17.4 Å². The molecule has 0 aliphatic heterocycles. The third-order valence-electron chi connectivity index (χ3n) is 5.69. The lowest BCUT2D eigenvalue weighted by Gasteiger charge is -2.21. The molecule has 1 aliphatic rings. The molecule has 0 atom stereocenters. The Bertz CT molecular complexity index is 1520. The van der Waals surface area contributed by atoms with E-state index in [2.05, 4.69) is 33.1 Å². The van der Waals surface area contributed by atoms with E-state index in [0.717, 1.165) is 6.07 Å². The highest BCUT2D eigenvalue weighted by Gasteiger charge is 2.62. The summed E-state index contributed by atoms with van der Waals surface area (Å²) < 4.78 is 55.6. The number of nitrogens with zero attached hydrogens (tertiary/aromatic N) is 6. The monoisotopic (exact) mass is 450 g/mol. The molecule has 10 heteroatoms. The number of anilines is 2. The summed E-state index contributed by atoms with van der Waals surface area (Å²) in [5, 5.41) is 17.7. The molecule has 2 heterocycles. The zero-order valence-electron chi connectivity index (χ0n) is 17.2. The fraction of sp³-hybridized carbons (Fsp3) is 0.217. The van der Waals surface area contributed by atoms with Crippen LogP contribution in [0.3, 0.4) is 0 Å². The number of hydrogen-bond donors (Lipinski definition) is 0. The first-order valence-corrected chi connectivity index (χ1v) is 9.89. The quantitative estimate of drug-likeness (QED) is 0.326. The number of halogens is 4. The van der Waals surface area contributed by atoms with Crippen molar-refractivity contribution in [1.82, 2.24) is 19.6 Å². The lowest BCUT2D eigenvalue weighted by molar-refractivity contribution is -0.168. The molecule has 6 nitrogen and oxygen atoms in total. The van der Waals surface area contributed by atoms with E-state index in [1.54, 1.807) is 34.5 Å². The van der Waals surface area contributed by atoms with Gasteiger partial charge in [0, 0.05) is 23.7 Å². The van der Waals surface area contributed by atoms with Gasteiger partial charge in [-0.2, -0.15) is 23.4 Å². The maximum absolute atomic E-state index is 14.4. The van der Waals surface area contributed by atoms with Gasteiger partial charge in [-0.3, -0.25) is 4.40 Å². The summed E-state index contributed by atoms with van der Waals surface area (Å²) in [7, 11) is 1.65. The van der Waals surface area contributed by atoms with Crippen molar-refractivity contribution in [2.45, 2.75) is 19.0 Å². The van der Waals surface area contributed by atoms with Crippen LogP contribution in [0.15, 0.2) is 42.7 Å². The fourth-order valence-corrected chi connectivity index (χ4v) is 3.63. The average molecular weight is 450 g/mol. The summed E-state index contributed by atoms with van der Waals surface area (Å²) in [5.74, 6) is 4.84. The highest BCUT2D eigenvalue weighted by Crippen LogP contribution is 2.57. The average Bonchev–Trinajstić information content (AvgIpc) is 3.45. The Morgan fingerprint density at radius 3 is 2.61 bits per heavy atom. The Labute approximate surface area is 185 Å². The zero-order chi connectivity index (χ0) is 23.4. The van der Waals surface area contributed by atoms with E-state index in [1.807, 2.05) is 0 Å². The molecule has 1 aliphatic carbocycles. The second-order valence-electron chi connectivity index (χ2n) is 7.87. The lowest BCUT2D eigenvalue weighted by Crippen LogP contribution is -2.22. The summed E-state index contributed by atoms with van der Waals surface area (Å²) in [5.41, 5.74) is -0.465. The van der Waals surface area contributed by atoms with Gasteiger partial charge in [-0.1, -0.05) is 11.8 Å². The molecule has 0 unspecified atom stereocenters. The molecule has 1 saturated carbocycles. The summed E-state index contributed by atoms with van der Waals surface area (Å²) >= 11 is 0. The number of aromatic nitrogens is 4. The first-order chi connectivity index (χ1) is 15.7. The first kappa shape index (κ1) is 20.7. The molecule has 4 aromatic rings. The second kappa shape index (κ2) is 7.17. The number of benzene rings is 2. The molecule has 164 valence electrons. The highest BCUT2D eigenvalue weighted by atomic mass is 19.4. The van der Waals surface area contributed by atoms with Crippen molar-refractivity contribution in [2.24, 2.45) is 5.41 Å². The van der Waals surface area contributed by atoms with Crippen molar-refractivity contribution in [2.75, 3.05) is 11.9 Å². The van der Waals surface area contributed by atoms with Crippen LogP contribution in [-0.2, 0) is 0 Å². The van der Waals surface area contributed by atoms with Crippen molar-refractivity contribution in [3.63, 3.8) is 0 Å². The SMILES string of the molecule is CN(c1cc(F)cc(C#CC2(C(F)(F)F)CC2)c1)c1nc2nncn2c2cc(C#N)ccc12. The zero-order valence-corrected chi connectivity index (χ0v) is 17.2. The highest BCUT2D eigenvalue weighted by molar-refractivity contribution is 5.94. The standard InChI is InChI=1S/C23H14F4N6/c1-32(17-9-14(8-16(24)11-17)4-5-22(6-7-22)23(25,26)27)20-18-3-2-15(12-28)10-19(18)33-13-29-31-21(33)30-20/h2-3,8-11,13H,6-7H2,1H3. The molecule has 2 aromatic carbocycles. The molecule has 0 amide bonds. The smallest absolute Gasteiger partial charge is 0.329 e. The molecule has 33 heavy (non-hydrogen) atoms. The van der Waals surface area contributed by atoms with Gasteiger partial charge in [0.15, 0.2) is 0 Å². The maximum atomic E-state index is 14.4. The van der Waals surface area contributed by atoms with Gasteiger partial charge < -0.3 is 4.90 Å². The van der Waals surface area contributed by atoms with Crippen molar-refractivity contribution in [3.05, 3.63) is 59.7 Å². The van der Waals surface area contributed by atoms with Gasteiger partial charge in [-0.25, -0.2) is 4.39 Å². The van der Waals surface area contributed by atoms with E-state index in [1.165, 1.54) is 18.5 Å². The second-order valence-corrected chi connectivity index (χ2v) is 7.87. The molecule has 2 aromatic heterocycles. The molecular formula is C23H14F4N6. The van der Waals surface area contributed by atoms with Gasteiger partial charge in [0.25, 0.3) is 5.78 Å². The lowest BCUT2D eigenvalue weighted by atomic mass is 10.1. The van der Waals surface area contributed by atoms with Crippen LogP contribution in [0.2, 0.25) is 0 Å². The van der Waals surface area contributed by atoms with E-state index in [-0.39, 0.29) is 24.2 Å². The van der Waals surface area contributed by atoms with Crippen molar-refractivity contribution >= 4 is 28.2 Å². The number of hydrogen-bond acceptors (Lipinski definition) is 5. The van der Waals surface area contributed by atoms with Crippen molar-refractivity contribution in [1.29, 1.82) is 5.26 Å². The minimum Gasteiger partial charge on any atom is -0.329 e. The van der Waals surface area contributed by atoms with Gasteiger partial charge in [0.05, 0.1) is 17.1 Å². The fourth-order valence-electron chi connectivity index (χ4n) is 3.63. The van der Waals surface area contributed by atoms with Crippen LogP contribution >= 0.6 is 0 Å². The Morgan fingerprint density at radius 2 is 1.91 bits per heavy atom. The number of rotatable bonds is 2. The Kier molecular flexibility index (Phi) is 4.50. The van der Waals surface area contributed by atoms with E-state index >= 15 is 0 Å². The summed E-state index contributed by atoms with van der Waals surface area (Å²) in [6.07, 6.45) is -3.04. The van der Waals surface area contributed by atoms with Gasteiger partial charge in [0.2, 0.25) is 0 Å². The minimum atomic E-state index is -4.41. The Morgan fingerprint density at radius 1 is 1.12 bits per heavy atom. The predicted octanol–water partition coefficient (Wildman–Crippen LogP) is 4.75. The van der Waals surface area contributed by atoms with Crippen LogP contribution in [0.25, 0.3) is 16.7 Å². The van der Waals surface area contributed by atoms with E-state index in [9.17, 15) is 22.8 Å². The number of fused-ring (bicyclic) bond motifs is 3. The molecule has 0 saturated heterocycles. The number of nitriles is 1. The minimum absolute atomic E-state index is 0.0511. The van der Waals surface area contributed by atoms with Gasteiger partial charge in [-0.05, 0) is 49.2 Å². The molecular weight excluding hydrogens is 436 g/mol. The Balaban J connectivity index is 1.61. The van der Waals surface area contributed by atoms with E-state index in [0.29, 0.717) is 28.0 Å². The predicted molar refractivity (Wildman–Crippen MR) is 112 cm³/mol. The van der Waals surface area contributed by atoms with Crippen LogP contribution in [0.1, 0.15) is 24.0 Å². The summed E-state index contributed by atoms with van der Waals surface area (Å²) in [4.78, 5) is 6.10. The molecule has 0 spiro atoms. The molecule has 5 rings (SSSR count). The molecule has 0 radical (unpaired) electrons. The summed E-state index contributed by atoms with van der Waals surface area (Å²) in [6, 6.07) is 10.9. The number of alkyl halides is 3. The largest absolute Gasteiger partial charge is 0.405 e. The molecule has 1 fully saturated rings. The van der Waals surface area contributed by atoms with Gasteiger partial charge in [-0.15, -0.1) is 10.2 Å². The Hall–Kier alpha value is -4.18. The van der Waals surface area contributed by atoms with Gasteiger partial charge >= 0.3 is 6.18 Å². The van der Waals surface area contributed by atoms with Gasteiger partial charge in [0.1, 0.15) is 23.4 Å². The van der Waals surface area contributed by atoms with Crippen LogP contribution in [0, 0.1) is 34.4 Å². The van der Waals surface area contributed by atoms with Crippen molar-refractivity contribution < 1.29 is 17.6 Å². The third kappa shape index (κ3) is 3.50. The van der Waals surface area contributed by atoms with E-state index in [4.69, 9.17) is 0 Å². The first-order valence-electron chi connectivity index (χ1n) is 9.89. The van der Waals surface area contributed by atoms with Crippen molar-refractivity contribution in [3.8, 4) is 17.9 Å². The third-order valence-corrected chi connectivity index (χ3v) is 5.69.